The standard InChI is InChI=1S/C23H17BrN6O5S/c1-13-2-4-14(5-3-13)22(32)26-23-29-28-21(36-23)11-20(31)27-25-12-16-7-9-19(35-16)17-8-6-15(30(33)34)10-18(17)24/h2-10,12H,11H2,1H3,(H,27,31)(H,26,29,32). The summed E-state index contributed by atoms with van der Waals surface area (Å²) in [6.07, 6.45) is 1.25. The molecule has 0 spiro atoms. The van der Waals surface area contributed by atoms with E-state index in [9.17, 15) is 19.7 Å². The summed E-state index contributed by atoms with van der Waals surface area (Å²) in [4.78, 5) is 34.9. The van der Waals surface area contributed by atoms with Crippen LogP contribution in [0.2, 0.25) is 0 Å². The fourth-order valence-corrected chi connectivity index (χ4v) is 4.27. The monoisotopic (exact) mass is 568 g/mol. The molecule has 4 aromatic rings. The second-order valence-corrected chi connectivity index (χ2v) is 9.33. The zero-order valence-corrected chi connectivity index (χ0v) is 21.0. The van der Waals surface area contributed by atoms with E-state index < -0.39 is 10.8 Å². The number of nitrogens with one attached hydrogen (secondary N) is 2. The van der Waals surface area contributed by atoms with E-state index in [1.165, 1.54) is 18.3 Å². The Morgan fingerprint density at radius 1 is 1.17 bits per heavy atom. The first-order chi connectivity index (χ1) is 17.3. The van der Waals surface area contributed by atoms with Gasteiger partial charge in [-0.2, -0.15) is 5.10 Å². The van der Waals surface area contributed by atoms with E-state index in [1.54, 1.807) is 30.3 Å². The van der Waals surface area contributed by atoms with Crippen LogP contribution in [-0.2, 0) is 11.2 Å². The number of nitro benzene ring substituents is 1. The lowest BCUT2D eigenvalue weighted by Crippen LogP contribution is -2.19. The van der Waals surface area contributed by atoms with Crippen molar-refractivity contribution in [3.63, 3.8) is 0 Å². The first kappa shape index (κ1) is 24.9. The largest absolute Gasteiger partial charge is 0.455 e. The van der Waals surface area contributed by atoms with E-state index in [2.05, 4.69) is 42.0 Å². The molecule has 0 aliphatic rings. The molecular weight excluding hydrogens is 552 g/mol. The summed E-state index contributed by atoms with van der Waals surface area (Å²) in [5, 5.41) is 25.9. The third-order valence-electron chi connectivity index (χ3n) is 4.75. The molecule has 2 aromatic heterocycles. The number of carbonyl (C=O) groups excluding carboxylic acids is 2. The minimum atomic E-state index is -0.485. The van der Waals surface area contributed by atoms with Gasteiger partial charge in [-0.25, -0.2) is 5.43 Å². The Bertz CT molecular complexity index is 1460. The number of nitro groups is 1. The van der Waals surface area contributed by atoms with Gasteiger partial charge in [0.1, 0.15) is 16.5 Å². The third kappa shape index (κ3) is 6.25. The Morgan fingerprint density at radius 2 is 1.94 bits per heavy atom. The van der Waals surface area contributed by atoms with Gasteiger partial charge in [-0.15, -0.1) is 10.2 Å². The van der Waals surface area contributed by atoms with Crippen molar-refractivity contribution >= 4 is 56.1 Å². The molecule has 0 aliphatic heterocycles. The Kier molecular flexibility index (Phi) is 7.61. The van der Waals surface area contributed by atoms with Gasteiger partial charge in [-0.05, 0) is 53.2 Å². The molecule has 0 atom stereocenters. The lowest BCUT2D eigenvalue weighted by molar-refractivity contribution is -0.384. The summed E-state index contributed by atoms with van der Waals surface area (Å²) in [5.74, 6) is 0.0974. The first-order valence-corrected chi connectivity index (χ1v) is 12.0. The molecule has 36 heavy (non-hydrogen) atoms. The molecule has 182 valence electrons. The van der Waals surface area contributed by atoms with Gasteiger partial charge in [-0.1, -0.05) is 29.0 Å². The Balaban J connectivity index is 1.30. The van der Waals surface area contributed by atoms with Gasteiger partial charge in [0.05, 0.1) is 17.6 Å². The fraction of sp³-hybridized carbons (Fsp3) is 0.0870. The van der Waals surface area contributed by atoms with Gasteiger partial charge in [0, 0.05) is 27.7 Å². The van der Waals surface area contributed by atoms with Gasteiger partial charge in [0.15, 0.2) is 0 Å². The summed E-state index contributed by atoms with van der Waals surface area (Å²) >= 11 is 4.40. The SMILES string of the molecule is Cc1ccc(C(=O)Nc2nnc(CC(=O)NN=Cc3ccc(-c4ccc([N+](=O)[O-])cc4Br)o3)s2)cc1. The van der Waals surface area contributed by atoms with Crippen LogP contribution in [0.3, 0.4) is 0 Å². The van der Waals surface area contributed by atoms with Crippen molar-refractivity contribution in [2.75, 3.05) is 5.32 Å². The van der Waals surface area contributed by atoms with Crippen LogP contribution in [0.4, 0.5) is 10.8 Å². The van der Waals surface area contributed by atoms with Crippen molar-refractivity contribution in [3.8, 4) is 11.3 Å². The minimum Gasteiger partial charge on any atom is -0.455 e. The summed E-state index contributed by atoms with van der Waals surface area (Å²) in [6.45, 7) is 1.93. The summed E-state index contributed by atoms with van der Waals surface area (Å²) < 4.78 is 6.18. The molecule has 0 radical (unpaired) electrons. The predicted molar refractivity (Wildman–Crippen MR) is 137 cm³/mol. The van der Waals surface area contributed by atoms with Crippen LogP contribution >= 0.6 is 27.3 Å². The number of aromatic nitrogens is 2. The molecule has 0 saturated carbocycles. The molecule has 11 nitrogen and oxygen atoms in total. The molecule has 0 aliphatic carbocycles. The number of benzene rings is 2. The zero-order chi connectivity index (χ0) is 25.7. The van der Waals surface area contributed by atoms with E-state index in [1.807, 2.05) is 19.1 Å². The molecule has 0 saturated heterocycles. The zero-order valence-electron chi connectivity index (χ0n) is 18.6. The average Bonchev–Trinajstić information content (AvgIpc) is 3.49. The number of anilines is 1. The highest BCUT2D eigenvalue weighted by atomic mass is 79.9. The predicted octanol–water partition coefficient (Wildman–Crippen LogP) is 4.72. The number of hydrazone groups is 1. The maximum Gasteiger partial charge on any atom is 0.270 e. The summed E-state index contributed by atoms with van der Waals surface area (Å²) in [6, 6.07) is 14.8. The smallest absolute Gasteiger partial charge is 0.270 e. The number of aryl methyl sites for hydroxylation is 1. The van der Waals surface area contributed by atoms with E-state index in [0.29, 0.717) is 32.1 Å². The van der Waals surface area contributed by atoms with Crippen molar-refractivity contribution in [2.24, 2.45) is 5.10 Å². The van der Waals surface area contributed by atoms with Gasteiger partial charge in [-0.3, -0.25) is 25.0 Å². The van der Waals surface area contributed by atoms with E-state index in [4.69, 9.17) is 4.42 Å². The molecule has 2 aromatic carbocycles. The second-order valence-electron chi connectivity index (χ2n) is 7.41. The van der Waals surface area contributed by atoms with E-state index in [0.717, 1.165) is 16.9 Å². The quantitative estimate of drug-likeness (QED) is 0.177. The molecule has 2 N–H and O–H groups in total. The number of furan rings is 1. The van der Waals surface area contributed by atoms with Crippen LogP contribution in [-0.4, -0.2) is 33.1 Å². The van der Waals surface area contributed by atoms with Gasteiger partial charge in [0.2, 0.25) is 11.0 Å². The number of hydrogen-bond acceptors (Lipinski definition) is 9. The fourth-order valence-electron chi connectivity index (χ4n) is 2.98. The van der Waals surface area contributed by atoms with Crippen molar-refractivity contribution in [2.45, 2.75) is 13.3 Å². The lowest BCUT2D eigenvalue weighted by Gasteiger charge is -2.01. The molecule has 2 heterocycles. The molecule has 0 fully saturated rings. The Hall–Kier alpha value is -4.23. The second kappa shape index (κ2) is 11.0. The molecule has 13 heteroatoms. The molecule has 0 bridgehead atoms. The van der Waals surface area contributed by atoms with Crippen molar-refractivity contribution in [1.82, 2.24) is 15.6 Å². The first-order valence-electron chi connectivity index (χ1n) is 10.3. The lowest BCUT2D eigenvalue weighted by atomic mass is 10.1. The van der Waals surface area contributed by atoms with Gasteiger partial charge >= 0.3 is 0 Å². The number of non-ortho nitro benzene ring substituents is 1. The van der Waals surface area contributed by atoms with Crippen LogP contribution in [0, 0.1) is 17.0 Å². The topological polar surface area (TPSA) is 153 Å². The maximum absolute atomic E-state index is 12.3. The number of halogens is 1. The number of rotatable bonds is 8. The normalized spacial score (nSPS) is 10.9. The highest BCUT2D eigenvalue weighted by molar-refractivity contribution is 9.10. The maximum atomic E-state index is 12.3. The molecule has 2 amide bonds. The van der Waals surface area contributed by atoms with Crippen LogP contribution in [0.1, 0.15) is 26.7 Å². The average molecular weight is 569 g/mol. The number of hydrogen-bond donors (Lipinski definition) is 2. The number of amides is 2. The van der Waals surface area contributed by atoms with Crippen molar-refractivity contribution in [1.29, 1.82) is 0 Å². The Labute approximate surface area is 216 Å². The molecular formula is C23H17BrN6O5S. The van der Waals surface area contributed by atoms with Crippen LogP contribution in [0.5, 0.6) is 0 Å². The Morgan fingerprint density at radius 3 is 2.67 bits per heavy atom. The van der Waals surface area contributed by atoms with Gasteiger partial charge < -0.3 is 4.42 Å². The molecule has 4 rings (SSSR count). The highest BCUT2D eigenvalue weighted by Gasteiger charge is 2.14. The number of carbonyl (C=O) groups is 2. The summed E-state index contributed by atoms with van der Waals surface area (Å²) in [5.41, 5.74) is 4.50. The van der Waals surface area contributed by atoms with E-state index in [-0.39, 0.29) is 23.1 Å². The van der Waals surface area contributed by atoms with Crippen molar-refractivity contribution < 1.29 is 18.9 Å². The molecule has 0 unspecified atom stereocenters. The minimum absolute atomic E-state index is 0.0436. The summed E-state index contributed by atoms with van der Waals surface area (Å²) in [7, 11) is 0. The van der Waals surface area contributed by atoms with Crippen LogP contribution < -0.4 is 10.7 Å². The number of nitrogens with zero attached hydrogens (tertiary/aromatic N) is 4. The van der Waals surface area contributed by atoms with Crippen LogP contribution in [0.25, 0.3) is 11.3 Å². The van der Waals surface area contributed by atoms with Crippen molar-refractivity contribution in [3.05, 3.63) is 91.1 Å². The third-order valence-corrected chi connectivity index (χ3v) is 6.24. The van der Waals surface area contributed by atoms with Gasteiger partial charge in [0.25, 0.3) is 11.6 Å². The van der Waals surface area contributed by atoms with E-state index >= 15 is 0 Å². The van der Waals surface area contributed by atoms with Crippen LogP contribution in [0.15, 0.2) is 68.6 Å². The highest BCUT2D eigenvalue weighted by Crippen LogP contribution is 2.32.